The summed E-state index contributed by atoms with van der Waals surface area (Å²) in [6.07, 6.45) is 9.89. The number of allylic oxidation sites excluding steroid dienone is 2. The van der Waals surface area contributed by atoms with Crippen molar-refractivity contribution < 1.29 is 8.78 Å². The maximum atomic E-state index is 14.6. The topological polar surface area (TPSA) is 0 Å². The van der Waals surface area contributed by atoms with Gasteiger partial charge in [-0.25, -0.2) is 8.78 Å². The standard InChI is InChI=1S/C28H28F2/c1-3-4-6-9-22-12-15-25(27(29)19-22)16-13-23-14-17-26(28(30)20-23)18-21(2)24-10-7-5-8-11-24/h3-5,7-8,10-17,19-21H,6,9,18H2,1-2H3/t21-/m1/s1. The Hall–Kier alpha value is -3.00. The summed E-state index contributed by atoms with van der Waals surface area (Å²) in [5, 5.41) is 0. The van der Waals surface area contributed by atoms with Gasteiger partial charge in [-0.3, -0.25) is 0 Å². The van der Waals surface area contributed by atoms with E-state index in [1.807, 2.05) is 49.4 Å². The molecule has 0 spiro atoms. The Kier molecular flexibility index (Phi) is 7.73. The summed E-state index contributed by atoms with van der Waals surface area (Å²) in [4.78, 5) is 0. The van der Waals surface area contributed by atoms with Crippen LogP contribution in [0.3, 0.4) is 0 Å². The first-order valence-corrected chi connectivity index (χ1v) is 10.5. The Morgan fingerprint density at radius 3 is 2.37 bits per heavy atom. The van der Waals surface area contributed by atoms with E-state index in [1.165, 1.54) is 11.6 Å². The molecule has 3 rings (SSSR count). The fourth-order valence-electron chi connectivity index (χ4n) is 3.53. The van der Waals surface area contributed by atoms with Crippen molar-refractivity contribution in [2.75, 3.05) is 0 Å². The fraction of sp³-hybridized carbons (Fsp3) is 0.214. The first-order valence-electron chi connectivity index (χ1n) is 10.5. The SMILES string of the molecule is CC=CCCc1ccc(C=Cc2ccc(C[C@@H](C)c3ccccc3)c(F)c2)c(F)c1. The van der Waals surface area contributed by atoms with Gasteiger partial charge in [0.15, 0.2) is 0 Å². The average molecular weight is 403 g/mol. The number of rotatable bonds is 8. The van der Waals surface area contributed by atoms with Gasteiger partial charge in [-0.05, 0) is 66.5 Å². The molecule has 1 atom stereocenters. The summed E-state index contributed by atoms with van der Waals surface area (Å²) in [7, 11) is 0. The van der Waals surface area contributed by atoms with E-state index >= 15 is 0 Å². The molecule has 0 aliphatic heterocycles. The van der Waals surface area contributed by atoms with Gasteiger partial charge in [0.1, 0.15) is 11.6 Å². The molecule has 3 aromatic carbocycles. The van der Waals surface area contributed by atoms with Crippen LogP contribution in [0.1, 0.15) is 54.0 Å². The monoisotopic (exact) mass is 402 g/mol. The molecule has 3 aromatic rings. The molecule has 0 heterocycles. The highest BCUT2D eigenvalue weighted by molar-refractivity contribution is 5.70. The van der Waals surface area contributed by atoms with Gasteiger partial charge in [0, 0.05) is 5.56 Å². The Labute approximate surface area is 178 Å². The van der Waals surface area contributed by atoms with Crippen molar-refractivity contribution in [3.05, 3.63) is 118 Å². The zero-order valence-electron chi connectivity index (χ0n) is 17.6. The van der Waals surface area contributed by atoms with Crippen LogP contribution in [0.2, 0.25) is 0 Å². The van der Waals surface area contributed by atoms with Crippen LogP contribution >= 0.6 is 0 Å². The summed E-state index contributed by atoms with van der Waals surface area (Å²) in [5.41, 5.74) is 4.10. The molecule has 154 valence electrons. The van der Waals surface area contributed by atoms with Gasteiger partial charge >= 0.3 is 0 Å². The van der Waals surface area contributed by atoms with Crippen LogP contribution in [-0.2, 0) is 12.8 Å². The van der Waals surface area contributed by atoms with Crippen LogP contribution in [0.4, 0.5) is 8.78 Å². The van der Waals surface area contributed by atoms with Gasteiger partial charge in [0.2, 0.25) is 0 Å². The molecule has 0 aliphatic carbocycles. The molecule has 0 N–H and O–H groups in total. The summed E-state index contributed by atoms with van der Waals surface area (Å²) >= 11 is 0. The molecule has 0 unspecified atom stereocenters. The fourth-order valence-corrected chi connectivity index (χ4v) is 3.53. The Bertz CT molecular complexity index is 1020. The Morgan fingerprint density at radius 1 is 0.867 bits per heavy atom. The molecule has 0 saturated carbocycles. The first-order chi connectivity index (χ1) is 14.6. The summed E-state index contributed by atoms with van der Waals surface area (Å²) in [5.74, 6) is -0.236. The van der Waals surface area contributed by atoms with Crippen LogP contribution in [-0.4, -0.2) is 0 Å². The zero-order valence-corrected chi connectivity index (χ0v) is 17.6. The molecule has 0 fully saturated rings. The maximum Gasteiger partial charge on any atom is 0.130 e. The lowest BCUT2D eigenvalue weighted by molar-refractivity contribution is 0.597. The van der Waals surface area contributed by atoms with E-state index in [4.69, 9.17) is 0 Å². The quantitative estimate of drug-likeness (QED) is 0.264. The second-order valence-electron chi connectivity index (χ2n) is 7.66. The zero-order chi connectivity index (χ0) is 21.3. The van der Waals surface area contributed by atoms with Crippen molar-refractivity contribution in [3.63, 3.8) is 0 Å². The van der Waals surface area contributed by atoms with Gasteiger partial charge in [-0.2, -0.15) is 0 Å². The lowest BCUT2D eigenvalue weighted by Gasteiger charge is -2.13. The molecule has 0 radical (unpaired) electrons. The molecule has 0 nitrogen and oxygen atoms in total. The van der Waals surface area contributed by atoms with Crippen LogP contribution in [0.5, 0.6) is 0 Å². The summed E-state index contributed by atoms with van der Waals surface area (Å²) in [6.45, 7) is 4.08. The van der Waals surface area contributed by atoms with E-state index in [9.17, 15) is 8.78 Å². The molecule has 0 aliphatic rings. The molecule has 0 amide bonds. The lowest BCUT2D eigenvalue weighted by atomic mass is 9.93. The van der Waals surface area contributed by atoms with Gasteiger partial charge in [-0.15, -0.1) is 0 Å². The van der Waals surface area contributed by atoms with E-state index in [0.717, 1.165) is 24.0 Å². The first kappa shape index (κ1) is 21.7. The highest BCUT2D eigenvalue weighted by atomic mass is 19.1. The summed E-state index contributed by atoms with van der Waals surface area (Å²) < 4.78 is 29.0. The van der Waals surface area contributed by atoms with Crippen molar-refractivity contribution in [2.45, 2.75) is 39.0 Å². The third-order valence-electron chi connectivity index (χ3n) is 5.33. The minimum Gasteiger partial charge on any atom is -0.207 e. The minimum absolute atomic E-state index is 0.222. The van der Waals surface area contributed by atoms with E-state index < -0.39 is 0 Å². The predicted octanol–water partition coefficient (Wildman–Crippen LogP) is 7.99. The van der Waals surface area contributed by atoms with Gasteiger partial charge < -0.3 is 0 Å². The third kappa shape index (κ3) is 6.00. The largest absolute Gasteiger partial charge is 0.207 e. The predicted molar refractivity (Wildman–Crippen MR) is 123 cm³/mol. The van der Waals surface area contributed by atoms with E-state index in [0.29, 0.717) is 17.5 Å². The molecular weight excluding hydrogens is 374 g/mol. The minimum atomic E-state index is -0.252. The highest BCUT2D eigenvalue weighted by Crippen LogP contribution is 2.23. The van der Waals surface area contributed by atoms with Crippen molar-refractivity contribution in [3.8, 4) is 0 Å². The average Bonchev–Trinajstić information content (AvgIpc) is 2.75. The number of hydrogen-bond donors (Lipinski definition) is 0. The van der Waals surface area contributed by atoms with Crippen LogP contribution in [0.25, 0.3) is 12.2 Å². The van der Waals surface area contributed by atoms with E-state index in [1.54, 1.807) is 24.3 Å². The molecule has 0 saturated heterocycles. The van der Waals surface area contributed by atoms with Crippen molar-refractivity contribution in [1.82, 2.24) is 0 Å². The maximum absolute atomic E-state index is 14.6. The third-order valence-corrected chi connectivity index (χ3v) is 5.33. The highest BCUT2D eigenvalue weighted by Gasteiger charge is 2.10. The second-order valence-corrected chi connectivity index (χ2v) is 7.66. The van der Waals surface area contributed by atoms with Crippen LogP contribution in [0.15, 0.2) is 78.9 Å². The molecule has 2 heteroatoms. The van der Waals surface area contributed by atoms with Gasteiger partial charge in [0.25, 0.3) is 0 Å². The Balaban J connectivity index is 1.67. The second kappa shape index (κ2) is 10.7. The molecule has 0 bridgehead atoms. The van der Waals surface area contributed by atoms with Crippen molar-refractivity contribution in [1.29, 1.82) is 0 Å². The van der Waals surface area contributed by atoms with Gasteiger partial charge in [-0.1, -0.05) is 85.8 Å². The number of benzene rings is 3. The molecule has 30 heavy (non-hydrogen) atoms. The van der Waals surface area contributed by atoms with Crippen LogP contribution in [0, 0.1) is 11.6 Å². The lowest BCUT2D eigenvalue weighted by Crippen LogP contribution is -2.00. The smallest absolute Gasteiger partial charge is 0.130 e. The molecular formula is C28H28F2. The van der Waals surface area contributed by atoms with E-state index in [2.05, 4.69) is 25.1 Å². The van der Waals surface area contributed by atoms with Gasteiger partial charge in [0.05, 0.1) is 0 Å². The number of aryl methyl sites for hydroxylation is 1. The summed E-state index contributed by atoms with van der Waals surface area (Å²) in [6, 6.07) is 20.7. The van der Waals surface area contributed by atoms with Crippen LogP contribution < -0.4 is 0 Å². The van der Waals surface area contributed by atoms with E-state index in [-0.39, 0.29) is 17.6 Å². The number of hydrogen-bond acceptors (Lipinski definition) is 0. The normalized spacial score (nSPS) is 12.7. The molecule has 0 aromatic heterocycles. The van der Waals surface area contributed by atoms with Crippen molar-refractivity contribution in [2.24, 2.45) is 0 Å². The van der Waals surface area contributed by atoms with Crippen molar-refractivity contribution >= 4 is 12.2 Å². The Morgan fingerprint density at radius 2 is 1.67 bits per heavy atom. The number of halogens is 2.